The lowest BCUT2D eigenvalue weighted by Crippen LogP contribution is -2.47. The van der Waals surface area contributed by atoms with E-state index in [0.29, 0.717) is 13.1 Å². The van der Waals surface area contributed by atoms with E-state index in [1.807, 2.05) is 35.4 Å². The standard InChI is InChI=1S/C15H21N3O2S/c1-11(19)18-9-7-13(8-10-18)17-15(20)16-12-3-5-14(21-2)6-4-12/h3-6,13H,7-10H2,1-2H3,(H2,16,17,20). The molecule has 114 valence electrons. The van der Waals surface area contributed by atoms with Crippen LogP contribution < -0.4 is 10.6 Å². The lowest BCUT2D eigenvalue weighted by Gasteiger charge is -2.31. The molecule has 0 aliphatic carbocycles. The third-order valence-corrected chi connectivity index (χ3v) is 4.37. The molecule has 1 aromatic carbocycles. The number of urea groups is 1. The average molecular weight is 307 g/mol. The molecule has 2 N–H and O–H groups in total. The first-order chi connectivity index (χ1) is 10.1. The van der Waals surface area contributed by atoms with Crippen LogP contribution in [-0.4, -0.2) is 42.2 Å². The van der Waals surface area contributed by atoms with E-state index in [-0.39, 0.29) is 18.0 Å². The Bertz CT molecular complexity index is 496. The van der Waals surface area contributed by atoms with Gasteiger partial charge >= 0.3 is 6.03 Å². The second kappa shape index (κ2) is 7.36. The Kier molecular flexibility index (Phi) is 5.50. The first-order valence-electron chi connectivity index (χ1n) is 7.05. The molecular formula is C15H21N3O2S. The quantitative estimate of drug-likeness (QED) is 0.844. The molecule has 1 aliphatic heterocycles. The van der Waals surface area contributed by atoms with Gasteiger partial charge in [0.25, 0.3) is 0 Å². The fraction of sp³-hybridized carbons (Fsp3) is 0.467. The van der Waals surface area contributed by atoms with Gasteiger partial charge in [-0.2, -0.15) is 0 Å². The van der Waals surface area contributed by atoms with Gasteiger partial charge in [-0.05, 0) is 43.4 Å². The summed E-state index contributed by atoms with van der Waals surface area (Å²) in [6, 6.07) is 7.68. The third kappa shape index (κ3) is 4.67. The van der Waals surface area contributed by atoms with E-state index in [1.54, 1.807) is 18.7 Å². The largest absolute Gasteiger partial charge is 0.343 e. The summed E-state index contributed by atoms with van der Waals surface area (Å²) >= 11 is 1.67. The van der Waals surface area contributed by atoms with Gasteiger partial charge in [0.15, 0.2) is 0 Å². The van der Waals surface area contributed by atoms with Crippen LogP contribution in [0.4, 0.5) is 10.5 Å². The van der Waals surface area contributed by atoms with Gasteiger partial charge in [0, 0.05) is 36.6 Å². The normalized spacial score (nSPS) is 15.6. The number of anilines is 1. The molecule has 1 aromatic rings. The van der Waals surface area contributed by atoms with Crippen molar-refractivity contribution >= 4 is 29.4 Å². The predicted molar refractivity (Wildman–Crippen MR) is 85.7 cm³/mol. The lowest BCUT2D eigenvalue weighted by molar-refractivity contribution is -0.129. The molecule has 0 spiro atoms. The SMILES string of the molecule is CSc1ccc(NC(=O)NC2CCN(C(C)=O)CC2)cc1. The second-order valence-electron chi connectivity index (χ2n) is 5.11. The monoisotopic (exact) mass is 307 g/mol. The number of hydrogen-bond donors (Lipinski definition) is 2. The number of rotatable bonds is 3. The van der Waals surface area contributed by atoms with Crippen molar-refractivity contribution in [1.82, 2.24) is 10.2 Å². The highest BCUT2D eigenvalue weighted by Crippen LogP contribution is 2.17. The van der Waals surface area contributed by atoms with Gasteiger partial charge in [0.2, 0.25) is 5.91 Å². The summed E-state index contributed by atoms with van der Waals surface area (Å²) in [6.07, 6.45) is 3.62. The Morgan fingerprint density at radius 2 is 1.81 bits per heavy atom. The summed E-state index contributed by atoms with van der Waals surface area (Å²) in [5.41, 5.74) is 0.784. The van der Waals surface area contributed by atoms with Gasteiger partial charge in [-0.1, -0.05) is 0 Å². The molecule has 1 saturated heterocycles. The molecule has 21 heavy (non-hydrogen) atoms. The maximum Gasteiger partial charge on any atom is 0.319 e. The Morgan fingerprint density at radius 1 is 1.19 bits per heavy atom. The van der Waals surface area contributed by atoms with Crippen LogP contribution in [0.2, 0.25) is 0 Å². The molecule has 5 nitrogen and oxygen atoms in total. The Morgan fingerprint density at radius 3 is 2.33 bits per heavy atom. The molecule has 1 fully saturated rings. The number of thioether (sulfide) groups is 1. The van der Waals surface area contributed by atoms with Gasteiger partial charge in [0.1, 0.15) is 0 Å². The van der Waals surface area contributed by atoms with Crippen LogP contribution in [0.5, 0.6) is 0 Å². The molecule has 0 aromatic heterocycles. The zero-order valence-corrected chi connectivity index (χ0v) is 13.2. The maximum atomic E-state index is 11.9. The van der Waals surface area contributed by atoms with Crippen LogP contribution in [-0.2, 0) is 4.79 Å². The van der Waals surface area contributed by atoms with Crippen molar-refractivity contribution in [2.24, 2.45) is 0 Å². The number of benzene rings is 1. The number of piperidine rings is 1. The number of hydrogen-bond acceptors (Lipinski definition) is 3. The van der Waals surface area contributed by atoms with Crippen LogP contribution in [0.15, 0.2) is 29.2 Å². The maximum absolute atomic E-state index is 11.9. The molecule has 2 rings (SSSR count). The van der Waals surface area contributed by atoms with Crippen molar-refractivity contribution in [2.75, 3.05) is 24.7 Å². The van der Waals surface area contributed by atoms with Crippen molar-refractivity contribution in [3.05, 3.63) is 24.3 Å². The molecular weight excluding hydrogens is 286 g/mol. The van der Waals surface area contributed by atoms with Crippen molar-refractivity contribution in [3.8, 4) is 0 Å². The lowest BCUT2D eigenvalue weighted by atomic mass is 10.1. The van der Waals surface area contributed by atoms with E-state index in [1.165, 1.54) is 0 Å². The van der Waals surface area contributed by atoms with Crippen LogP contribution in [0, 0.1) is 0 Å². The van der Waals surface area contributed by atoms with Gasteiger partial charge in [-0.25, -0.2) is 4.79 Å². The number of carbonyl (C=O) groups is 2. The fourth-order valence-corrected chi connectivity index (χ4v) is 2.77. The second-order valence-corrected chi connectivity index (χ2v) is 5.99. The summed E-state index contributed by atoms with van der Waals surface area (Å²) in [5.74, 6) is 0.104. The van der Waals surface area contributed by atoms with E-state index in [4.69, 9.17) is 0 Å². The Balaban J connectivity index is 1.78. The van der Waals surface area contributed by atoms with E-state index < -0.39 is 0 Å². The number of carbonyl (C=O) groups excluding carboxylic acids is 2. The van der Waals surface area contributed by atoms with E-state index in [0.717, 1.165) is 23.4 Å². The highest BCUT2D eigenvalue weighted by atomic mass is 32.2. The minimum atomic E-state index is -0.187. The summed E-state index contributed by atoms with van der Waals surface area (Å²) < 4.78 is 0. The molecule has 3 amide bonds. The molecule has 0 unspecified atom stereocenters. The molecule has 0 bridgehead atoms. The highest BCUT2D eigenvalue weighted by molar-refractivity contribution is 7.98. The summed E-state index contributed by atoms with van der Waals surface area (Å²) in [6.45, 7) is 3.00. The topological polar surface area (TPSA) is 61.4 Å². The van der Waals surface area contributed by atoms with Gasteiger partial charge in [-0.3, -0.25) is 4.79 Å². The molecule has 0 atom stereocenters. The first-order valence-corrected chi connectivity index (χ1v) is 8.28. The van der Waals surface area contributed by atoms with Crippen molar-refractivity contribution in [2.45, 2.75) is 30.7 Å². The number of nitrogens with zero attached hydrogens (tertiary/aromatic N) is 1. The molecule has 6 heteroatoms. The third-order valence-electron chi connectivity index (χ3n) is 3.62. The van der Waals surface area contributed by atoms with Crippen molar-refractivity contribution in [3.63, 3.8) is 0 Å². The van der Waals surface area contributed by atoms with Crippen molar-refractivity contribution < 1.29 is 9.59 Å². The number of amides is 3. The zero-order chi connectivity index (χ0) is 15.2. The Hall–Kier alpha value is -1.69. The molecule has 0 radical (unpaired) electrons. The predicted octanol–water partition coefficient (Wildman–Crippen LogP) is 2.54. The summed E-state index contributed by atoms with van der Waals surface area (Å²) in [5, 5.41) is 5.80. The van der Waals surface area contributed by atoms with Gasteiger partial charge in [-0.15, -0.1) is 11.8 Å². The highest BCUT2D eigenvalue weighted by Gasteiger charge is 2.21. The number of nitrogens with one attached hydrogen (secondary N) is 2. The summed E-state index contributed by atoms with van der Waals surface area (Å²) in [7, 11) is 0. The van der Waals surface area contributed by atoms with Crippen molar-refractivity contribution in [1.29, 1.82) is 0 Å². The van der Waals surface area contributed by atoms with E-state index in [2.05, 4.69) is 10.6 Å². The van der Waals surface area contributed by atoms with Crippen LogP contribution >= 0.6 is 11.8 Å². The van der Waals surface area contributed by atoms with Crippen LogP contribution in [0.1, 0.15) is 19.8 Å². The minimum absolute atomic E-state index is 0.104. The minimum Gasteiger partial charge on any atom is -0.343 e. The van der Waals surface area contributed by atoms with E-state index >= 15 is 0 Å². The average Bonchev–Trinajstić information content (AvgIpc) is 2.48. The zero-order valence-electron chi connectivity index (χ0n) is 12.4. The fourth-order valence-electron chi connectivity index (χ4n) is 2.37. The Labute approximate surface area is 129 Å². The number of likely N-dealkylation sites (tertiary alicyclic amines) is 1. The summed E-state index contributed by atoms with van der Waals surface area (Å²) in [4.78, 5) is 26.2. The van der Waals surface area contributed by atoms with Crippen LogP contribution in [0.25, 0.3) is 0 Å². The van der Waals surface area contributed by atoms with Gasteiger partial charge in [0.05, 0.1) is 0 Å². The smallest absolute Gasteiger partial charge is 0.319 e. The van der Waals surface area contributed by atoms with E-state index in [9.17, 15) is 9.59 Å². The molecule has 1 aliphatic rings. The molecule has 0 saturated carbocycles. The molecule has 1 heterocycles. The van der Waals surface area contributed by atoms with Gasteiger partial charge < -0.3 is 15.5 Å². The first kappa shape index (κ1) is 15.7. The van der Waals surface area contributed by atoms with Crippen LogP contribution in [0.3, 0.4) is 0 Å².